The first-order valence-corrected chi connectivity index (χ1v) is 9.13. The van der Waals surface area contributed by atoms with E-state index in [0.717, 1.165) is 28.1 Å². The number of hydrogen-bond acceptors (Lipinski definition) is 5. The van der Waals surface area contributed by atoms with Crippen molar-refractivity contribution in [3.8, 4) is 11.3 Å². The molecule has 4 aromatic rings. The Kier molecular flexibility index (Phi) is 5.01. The maximum Gasteiger partial charge on any atom is 0.338 e. The molecule has 0 aliphatic carbocycles. The van der Waals surface area contributed by atoms with Crippen LogP contribution in [0.3, 0.4) is 0 Å². The number of esters is 1. The predicted molar refractivity (Wildman–Crippen MR) is 109 cm³/mol. The van der Waals surface area contributed by atoms with Gasteiger partial charge in [-0.05, 0) is 36.2 Å². The van der Waals surface area contributed by atoms with E-state index < -0.39 is 0 Å². The highest BCUT2D eigenvalue weighted by molar-refractivity contribution is 5.93. The molecule has 6 nitrogen and oxygen atoms in total. The fourth-order valence-electron chi connectivity index (χ4n) is 3.02. The Morgan fingerprint density at radius 3 is 2.61 bits per heavy atom. The first-order chi connectivity index (χ1) is 13.7. The Bertz CT molecular complexity index is 1090. The summed E-state index contributed by atoms with van der Waals surface area (Å²) >= 11 is 0. The smallest absolute Gasteiger partial charge is 0.338 e. The van der Waals surface area contributed by atoms with Gasteiger partial charge >= 0.3 is 5.97 Å². The minimum absolute atomic E-state index is 0.316. The Balaban J connectivity index is 1.58. The standard InChI is InChI=1S/C22H20N4O2/c1-2-28-22(27)17-10-8-16(9-11-17)19-12-18-20(24-14-25-21(18)26-19)23-13-15-6-4-3-5-7-15/h3-12,14H,2,13H2,1H3,(H2,23,24,25,26). The molecule has 2 aromatic heterocycles. The van der Waals surface area contributed by atoms with E-state index >= 15 is 0 Å². The summed E-state index contributed by atoms with van der Waals surface area (Å²) in [6.07, 6.45) is 1.54. The molecule has 0 unspecified atom stereocenters. The van der Waals surface area contributed by atoms with Crippen molar-refractivity contribution in [2.24, 2.45) is 0 Å². The van der Waals surface area contributed by atoms with Crippen LogP contribution in [-0.2, 0) is 11.3 Å². The third kappa shape index (κ3) is 3.71. The third-order valence-corrected chi connectivity index (χ3v) is 4.44. The first kappa shape index (κ1) is 17.7. The fourth-order valence-corrected chi connectivity index (χ4v) is 3.02. The lowest BCUT2D eigenvalue weighted by atomic mass is 10.1. The second-order valence-corrected chi connectivity index (χ2v) is 6.30. The Morgan fingerprint density at radius 2 is 1.86 bits per heavy atom. The molecule has 28 heavy (non-hydrogen) atoms. The van der Waals surface area contributed by atoms with Crippen LogP contribution in [0, 0.1) is 0 Å². The molecular formula is C22H20N4O2. The average Bonchev–Trinajstić information content (AvgIpc) is 3.18. The number of ether oxygens (including phenoxy) is 1. The quantitative estimate of drug-likeness (QED) is 0.490. The van der Waals surface area contributed by atoms with Crippen LogP contribution in [0.2, 0.25) is 0 Å². The van der Waals surface area contributed by atoms with Gasteiger partial charge in [-0.25, -0.2) is 14.8 Å². The number of carbonyl (C=O) groups excluding carboxylic acids is 1. The number of carbonyl (C=O) groups is 1. The van der Waals surface area contributed by atoms with E-state index in [9.17, 15) is 4.79 Å². The Hall–Kier alpha value is -3.67. The molecule has 0 atom stereocenters. The van der Waals surface area contributed by atoms with E-state index in [-0.39, 0.29) is 5.97 Å². The van der Waals surface area contributed by atoms with E-state index in [0.29, 0.717) is 18.7 Å². The van der Waals surface area contributed by atoms with Gasteiger partial charge in [0.25, 0.3) is 0 Å². The van der Waals surface area contributed by atoms with Crippen molar-refractivity contribution in [2.45, 2.75) is 13.5 Å². The van der Waals surface area contributed by atoms with Crippen LogP contribution in [0.1, 0.15) is 22.8 Å². The summed E-state index contributed by atoms with van der Waals surface area (Å²) in [4.78, 5) is 23.8. The number of H-pyrrole nitrogens is 1. The molecule has 2 heterocycles. The van der Waals surface area contributed by atoms with Crippen LogP contribution in [-0.4, -0.2) is 27.5 Å². The summed E-state index contributed by atoms with van der Waals surface area (Å²) in [7, 11) is 0. The normalized spacial score (nSPS) is 10.8. The van der Waals surface area contributed by atoms with Gasteiger partial charge in [-0.2, -0.15) is 0 Å². The van der Waals surface area contributed by atoms with Crippen molar-refractivity contribution in [3.05, 3.63) is 78.1 Å². The monoisotopic (exact) mass is 372 g/mol. The summed E-state index contributed by atoms with van der Waals surface area (Å²) in [5, 5.41) is 4.29. The molecule has 0 saturated heterocycles. The molecule has 0 spiro atoms. The lowest BCUT2D eigenvalue weighted by molar-refractivity contribution is 0.0526. The molecule has 0 aliphatic rings. The molecule has 4 rings (SSSR count). The largest absolute Gasteiger partial charge is 0.462 e. The lowest BCUT2D eigenvalue weighted by Crippen LogP contribution is -2.03. The van der Waals surface area contributed by atoms with Crippen LogP contribution >= 0.6 is 0 Å². The Labute approximate surface area is 162 Å². The van der Waals surface area contributed by atoms with Crippen molar-refractivity contribution < 1.29 is 9.53 Å². The summed E-state index contributed by atoms with van der Waals surface area (Å²) in [5.41, 5.74) is 4.34. The van der Waals surface area contributed by atoms with Crippen molar-refractivity contribution in [1.82, 2.24) is 15.0 Å². The number of fused-ring (bicyclic) bond motifs is 1. The molecule has 0 bridgehead atoms. The second kappa shape index (κ2) is 7.92. The summed E-state index contributed by atoms with van der Waals surface area (Å²) < 4.78 is 5.03. The fraction of sp³-hybridized carbons (Fsp3) is 0.136. The van der Waals surface area contributed by atoms with Gasteiger partial charge in [0.15, 0.2) is 0 Å². The van der Waals surface area contributed by atoms with E-state index in [1.54, 1.807) is 25.4 Å². The second-order valence-electron chi connectivity index (χ2n) is 6.30. The van der Waals surface area contributed by atoms with E-state index in [2.05, 4.69) is 32.4 Å². The van der Waals surface area contributed by atoms with Gasteiger partial charge in [-0.3, -0.25) is 0 Å². The maximum atomic E-state index is 11.8. The number of benzene rings is 2. The van der Waals surface area contributed by atoms with Crippen LogP contribution < -0.4 is 5.32 Å². The van der Waals surface area contributed by atoms with Crippen molar-refractivity contribution in [3.63, 3.8) is 0 Å². The van der Waals surface area contributed by atoms with Crippen LogP contribution in [0.5, 0.6) is 0 Å². The van der Waals surface area contributed by atoms with Gasteiger partial charge in [0.1, 0.15) is 17.8 Å². The highest BCUT2D eigenvalue weighted by Crippen LogP contribution is 2.27. The zero-order valence-electron chi connectivity index (χ0n) is 15.5. The molecule has 2 aromatic carbocycles. The number of nitrogens with one attached hydrogen (secondary N) is 2. The average molecular weight is 372 g/mol. The highest BCUT2D eigenvalue weighted by atomic mass is 16.5. The molecular weight excluding hydrogens is 352 g/mol. The van der Waals surface area contributed by atoms with Crippen molar-refractivity contribution in [2.75, 3.05) is 11.9 Å². The molecule has 6 heteroatoms. The number of nitrogens with zero attached hydrogens (tertiary/aromatic N) is 2. The Morgan fingerprint density at radius 1 is 1.07 bits per heavy atom. The number of aromatic nitrogens is 3. The van der Waals surface area contributed by atoms with Gasteiger partial charge in [-0.1, -0.05) is 42.5 Å². The zero-order chi connectivity index (χ0) is 19.3. The molecule has 0 amide bonds. The van der Waals surface area contributed by atoms with Crippen LogP contribution in [0.25, 0.3) is 22.3 Å². The summed E-state index contributed by atoms with van der Waals surface area (Å²) in [6, 6.07) is 19.5. The maximum absolute atomic E-state index is 11.8. The first-order valence-electron chi connectivity index (χ1n) is 9.13. The third-order valence-electron chi connectivity index (χ3n) is 4.44. The zero-order valence-corrected chi connectivity index (χ0v) is 15.5. The van der Waals surface area contributed by atoms with Gasteiger partial charge < -0.3 is 15.0 Å². The molecule has 0 saturated carbocycles. The van der Waals surface area contributed by atoms with E-state index in [1.165, 1.54) is 5.56 Å². The SMILES string of the molecule is CCOC(=O)c1ccc(-c2cc3c(NCc4ccccc4)ncnc3[nH]2)cc1. The van der Waals surface area contributed by atoms with Crippen LogP contribution in [0.15, 0.2) is 67.0 Å². The molecule has 140 valence electrons. The van der Waals surface area contributed by atoms with Gasteiger partial charge in [0, 0.05) is 12.2 Å². The minimum Gasteiger partial charge on any atom is -0.462 e. The highest BCUT2D eigenvalue weighted by Gasteiger charge is 2.11. The summed E-state index contributed by atoms with van der Waals surface area (Å²) in [6.45, 7) is 2.84. The van der Waals surface area contributed by atoms with Crippen molar-refractivity contribution >= 4 is 22.8 Å². The lowest BCUT2D eigenvalue weighted by Gasteiger charge is -2.06. The predicted octanol–water partition coefficient (Wildman–Crippen LogP) is 4.41. The minimum atomic E-state index is -0.316. The summed E-state index contributed by atoms with van der Waals surface area (Å²) in [5.74, 6) is 0.462. The van der Waals surface area contributed by atoms with E-state index in [4.69, 9.17) is 4.74 Å². The number of anilines is 1. The molecule has 2 N–H and O–H groups in total. The van der Waals surface area contributed by atoms with Crippen LogP contribution in [0.4, 0.5) is 5.82 Å². The number of aromatic amines is 1. The molecule has 0 radical (unpaired) electrons. The topological polar surface area (TPSA) is 79.9 Å². The number of rotatable bonds is 6. The molecule has 0 fully saturated rings. The van der Waals surface area contributed by atoms with Crippen molar-refractivity contribution in [1.29, 1.82) is 0 Å². The van der Waals surface area contributed by atoms with Gasteiger partial charge in [0.2, 0.25) is 0 Å². The number of hydrogen-bond donors (Lipinski definition) is 2. The van der Waals surface area contributed by atoms with Gasteiger partial charge in [-0.15, -0.1) is 0 Å². The van der Waals surface area contributed by atoms with Gasteiger partial charge in [0.05, 0.1) is 17.6 Å². The van der Waals surface area contributed by atoms with E-state index in [1.807, 2.05) is 36.4 Å². The molecule has 0 aliphatic heterocycles.